The normalized spacial score (nSPS) is 12.4. The minimum atomic E-state index is -0.293. The van der Waals surface area contributed by atoms with Gasteiger partial charge in [0.15, 0.2) is 4.67 Å². The standard InChI is InChI=1S/C14H15BrFNO2/c1-3-17-13(10-6-7-19-14(10)15)11-8-9(16)4-5-12(11)18-2/h4-8,13,17H,3H2,1-2H3. The number of ether oxygens (including phenoxy) is 1. The van der Waals surface area contributed by atoms with Gasteiger partial charge < -0.3 is 14.5 Å². The Bertz CT molecular complexity index is 556. The van der Waals surface area contributed by atoms with E-state index in [1.807, 2.05) is 13.0 Å². The molecule has 1 unspecified atom stereocenters. The van der Waals surface area contributed by atoms with Gasteiger partial charge in [0.1, 0.15) is 11.6 Å². The molecule has 1 atom stereocenters. The van der Waals surface area contributed by atoms with E-state index in [1.165, 1.54) is 12.1 Å². The predicted octanol–water partition coefficient (Wildman–Crippen LogP) is 3.89. The van der Waals surface area contributed by atoms with Gasteiger partial charge in [-0.25, -0.2) is 4.39 Å². The van der Waals surface area contributed by atoms with Crippen molar-refractivity contribution in [2.24, 2.45) is 0 Å². The lowest BCUT2D eigenvalue weighted by Crippen LogP contribution is -2.22. The van der Waals surface area contributed by atoms with Crippen LogP contribution in [0, 0.1) is 5.82 Å². The molecule has 2 aromatic rings. The Morgan fingerprint density at radius 1 is 1.37 bits per heavy atom. The minimum Gasteiger partial charge on any atom is -0.496 e. The van der Waals surface area contributed by atoms with Crippen molar-refractivity contribution in [1.82, 2.24) is 5.32 Å². The monoisotopic (exact) mass is 327 g/mol. The van der Waals surface area contributed by atoms with Crippen molar-refractivity contribution >= 4 is 15.9 Å². The summed E-state index contributed by atoms with van der Waals surface area (Å²) < 4.78 is 24.7. The van der Waals surface area contributed by atoms with E-state index in [2.05, 4.69) is 21.2 Å². The van der Waals surface area contributed by atoms with Gasteiger partial charge in [0, 0.05) is 11.1 Å². The van der Waals surface area contributed by atoms with E-state index in [-0.39, 0.29) is 11.9 Å². The topological polar surface area (TPSA) is 34.4 Å². The molecule has 19 heavy (non-hydrogen) atoms. The number of furan rings is 1. The van der Waals surface area contributed by atoms with Crippen molar-refractivity contribution in [2.75, 3.05) is 13.7 Å². The number of rotatable bonds is 5. The van der Waals surface area contributed by atoms with Crippen LogP contribution in [0.1, 0.15) is 24.1 Å². The summed E-state index contributed by atoms with van der Waals surface area (Å²) in [6.07, 6.45) is 1.59. The van der Waals surface area contributed by atoms with Crippen molar-refractivity contribution in [3.05, 3.63) is 52.1 Å². The Hall–Kier alpha value is -1.33. The van der Waals surface area contributed by atoms with Gasteiger partial charge >= 0.3 is 0 Å². The van der Waals surface area contributed by atoms with Crippen LogP contribution in [0.25, 0.3) is 0 Å². The van der Waals surface area contributed by atoms with Gasteiger partial charge in [0.2, 0.25) is 0 Å². The first-order chi connectivity index (χ1) is 9.17. The fourth-order valence-corrected chi connectivity index (χ4v) is 2.50. The van der Waals surface area contributed by atoms with E-state index in [9.17, 15) is 4.39 Å². The molecule has 3 nitrogen and oxygen atoms in total. The van der Waals surface area contributed by atoms with Gasteiger partial charge in [-0.05, 0) is 46.7 Å². The third-order valence-electron chi connectivity index (χ3n) is 2.87. The van der Waals surface area contributed by atoms with E-state index in [0.717, 1.165) is 17.7 Å². The summed E-state index contributed by atoms with van der Waals surface area (Å²) >= 11 is 3.36. The van der Waals surface area contributed by atoms with E-state index >= 15 is 0 Å². The van der Waals surface area contributed by atoms with E-state index in [0.29, 0.717) is 10.4 Å². The molecule has 102 valence electrons. The largest absolute Gasteiger partial charge is 0.496 e. The average molecular weight is 328 g/mol. The molecular formula is C14H15BrFNO2. The maximum Gasteiger partial charge on any atom is 0.174 e. The maximum atomic E-state index is 13.5. The molecule has 0 spiro atoms. The maximum absolute atomic E-state index is 13.5. The highest BCUT2D eigenvalue weighted by Crippen LogP contribution is 2.34. The van der Waals surface area contributed by atoms with Crippen molar-refractivity contribution < 1.29 is 13.5 Å². The molecule has 0 radical (unpaired) electrons. The third kappa shape index (κ3) is 2.98. The highest BCUT2D eigenvalue weighted by atomic mass is 79.9. The van der Waals surface area contributed by atoms with Crippen LogP contribution in [0.4, 0.5) is 4.39 Å². The van der Waals surface area contributed by atoms with Crippen LogP contribution in [-0.4, -0.2) is 13.7 Å². The molecule has 0 aliphatic heterocycles. The van der Waals surface area contributed by atoms with Gasteiger partial charge in [-0.15, -0.1) is 0 Å². The van der Waals surface area contributed by atoms with Crippen molar-refractivity contribution in [3.8, 4) is 5.75 Å². The van der Waals surface area contributed by atoms with Crippen LogP contribution in [0.3, 0.4) is 0 Å². The SMILES string of the molecule is CCNC(c1cc(F)ccc1OC)c1ccoc1Br. The summed E-state index contributed by atoms with van der Waals surface area (Å²) in [4.78, 5) is 0. The predicted molar refractivity (Wildman–Crippen MR) is 74.9 cm³/mol. The second-order valence-corrected chi connectivity index (χ2v) is 4.75. The Labute approximate surface area is 119 Å². The van der Waals surface area contributed by atoms with Crippen LogP contribution in [0.15, 0.2) is 39.6 Å². The molecular weight excluding hydrogens is 313 g/mol. The number of hydrogen-bond acceptors (Lipinski definition) is 3. The van der Waals surface area contributed by atoms with Crippen LogP contribution in [-0.2, 0) is 0 Å². The summed E-state index contributed by atoms with van der Waals surface area (Å²) in [7, 11) is 1.57. The molecule has 1 heterocycles. The van der Waals surface area contributed by atoms with Gasteiger partial charge in [-0.3, -0.25) is 0 Å². The molecule has 0 saturated carbocycles. The molecule has 0 aliphatic rings. The van der Waals surface area contributed by atoms with Crippen LogP contribution in [0.2, 0.25) is 0 Å². The van der Waals surface area contributed by atoms with Crippen LogP contribution in [0.5, 0.6) is 5.75 Å². The first-order valence-corrected chi connectivity index (χ1v) is 6.76. The molecule has 0 bridgehead atoms. The third-order valence-corrected chi connectivity index (χ3v) is 3.51. The lowest BCUT2D eigenvalue weighted by molar-refractivity contribution is 0.402. The molecule has 0 saturated heterocycles. The highest BCUT2D eigenvalue weighted by Gasteiger charge is 2.21. The molecule has 1 aromatic carbocycles. The van der Waals surface area contributed by atoms with Crippen molar-refractivity contribution in [2.45, 2.75) is 13.0 Å². The average Bonchev–Trinajstić information content (AvgIpc) is 2.82. The summed E-state index contributed by atoms with van der Waals surface area (Å²) in [5, 5.41) is 3.31. The number of halogens is 2. The number of nitrogens with one attached hydrogen (secondary N) is 1. The highest BCUT2D eigenvalue weighted by molar-refractivity contribution is 9.10. The second kappa shape index (κ2) is 6.21. The summed E-state index contributed by atoms with van der Waals surface area (Å²) in [5.74, 6) is 0.346. The number of hydrogen-bond donors (Lipinski definition) is 1. The zero-order chi connectivity index (χ0) is 13.8. The lowest BCUT2D eigenvalue weighted by Gasteiger charge is -2.20. The van der Waals surface area contributed by atoms with Crippen LogP contribution >= 0.6 is 15.9 Å². The molecule has 0 aliphatic carbocycles. The molecule has 0 amide bonds. The fourth-order valence-electron chi connectivity index (χ4n) is 2.03. The van der Waals surface area contributed by atoms with E-state index in [4.69, 9.17) is 9.15 Å². The summed E-state index contributed by atoms with van der Waals surface area (Å²) in [5.41, 5.74) is 1.65. The zero-order valence-corrected chi connectivity index (χ0v) is 12.3. The van der Waals surface area contributed by atoms with Gasteiger partial charge in [0.25, 0.3) is 0 Å². The van der Waals surface area contributed by atoms with Gasteiger partial charge in [0.05, 0.1) is 19.4 Å². The zero-order valence-electron chi connectivity index (χ0n) is 10.7. The van der Waals surface area contributed by atoms with Crippen molar-refractivity contribution in [3.63, 3.8) is 0 Å². The number of methoxy groups -OCH3 is 1. The lowest BCUT2D eigenvalue weighted by atomic mass is 10.00. The first kappa shape index (κ1) is 14.1. The number of benzene rings is 1. The smallest absolute Gasteiger partial charge is 0.174 e. The molecule has 2 rings (SSSR count). The Kier molecular flexibility index (Phi) is 4.61. The Morgan fingerprint density at radius 2 is 2.16 bits per heavy atom. The minimum absolute atomic E-state index is 0.191. The molecule has 1 aromatic heterocycles. The van der Waals surface area contributed by atoms with Gasteiger partial charge in [-0.2, -0.15) is 0 Å². The van der Waals surface area contributed by atoms with Crippen molar-refractivity contribution in [1.29, 1.82) is 0 Å². The second-order valence-electron chi connectivity index (χ2n) is 4.03. The fraction of sp³-hybridized carbons (Fsp3) is 0.286. The quantitative estimate of drug-likeness (QED) is 0.904. The van der Waals surface area contributed by atoms with Crippen LogP contribution < -0.4 is 10.1 Å². The summed E-state index contributed by atoms with van der Waals surface area (Å²) in [6.45, 7) is 2.73. The van der Waals surface area contributed by atoms with Gasteiger partial charge in [-0.1, -0.05) is 6.92 Å². The molecule has 5 heteroatoms. The summed E-state index contributed by atoms with van der Waals surface area (Å²) in [6, 6.07) is 6.15. The van der Waals surface area contributed by atoms with E-state index < -0.39 is 0 Å². The first-order valence-electron chi connectivity index (χ1n) is 5.97. The van der Waals surface area contributed by atoms with E-state index in [1.54, 1.807) is 19.4 Å². The Morgan fingerprint density at radius 3 is 2.74 bits per heavy atom. The molecule has 0 fully saturated rings. The molecule has 1 N–H and O–H groups in total. The Balaban J connectivity index is 2.50.